The molecular formula is C22H23N3O2. The summed E-state index contributed by atoms with van der Waals surface area (Å²) in [7, 11) is 0. The van der Waals surface area contributed by atoms with Gasteiger partial charge in [0.1, 0.15) is 5.76 Å². The van der Waals surface area contributed by atoms with E-state index in [4.69, 9.17) is 4.42 Å². The number of hydrogen-bond acceptors (Lipinski definition) is 4. The molecule has 3 aromatic rings. The summed E-state index contributed by atoms with van der Waals surface area (Å²) in [6, 6.07) is 18.0. The Labute approximate surface area is 159 Å². The van der Waals surface area contributed by atoms with E-state index in [0.717, 1.165) is 49.6 Å². The smallest absolute Gasteiger partial charge is 0.311 e. The number of para-hydroxylation sites is 1. The van der Waals surface area contributed by atoms with Crippen molar-refractivity contribution >= 4 is 11.6 Å². The van der Waals surface area contributed by atoms with E-state index in [9.17, 15) is 4.79 Å². The highest BCUT2D eigenvalue weighted by molar-refractivity contribution is 6.00. The van der Waals surface area contributed by atoms with E-state index in [1.54, 1.807) is 0 Å². The molecule has 4 rings (SSSR count). The lowest BCUT2D eigenvalue weighted by molar-refractivity contribution is 0.0988. The number of carbonyl (C=O) groups is 1. The minimum Gasteiger partial charge on any atom is -0.437 e. The number of amides is 1. The molecule has 0 saturated carbocycles. The van der Waals surface area contributed by atoms with Crippen LogP contribution in [0.5, 0.6) is 0 Å². The molecule has 0 radical (unpaired) electrons. The normalized spacial score (nSPS) is 14.4. The molecule has 2 aromatic carbocycles. The fraction of sp³-hybridized carbons (Fsp3) is 0.273. The molecule has 0 fully saturated rings. The molecule has 0 unspecified atom stereocenters. The highest BCUT2D eigenvalue weighted by atomic mass is 16.4. The Morgan fingerprint density at radius 3 is 2.59 bits per heavy atom. The van der Waals surface area contributed by atoms with Crippen LogP contribution in [0.4, 0.5) is 5.69 Å². The predicted molar refractivity (Wildman–Crippen MR) is 105 cm³/mol. The average molecular weight is 361 g/mol. The Morgan fingerprint density at radius 2 is 1.81 bits per heavy atom. The Bertz CT molecular complexity index is 891. The topological polar surface area (TPSA) is 58.4 Å². The van der Waals surface area contributed by atoms with Gasteiger partial charge in [0, 0.05) is 38.2 Å². The third kappa shape index (κ3) is 4.26. The second kappa shape index (κ2) is 7.76. The number of nitrogens with one attached hydrogen (secondary N) is 1. The summed E-state index contributed by atoms with van der Waals surface area (Å²) in [5.74, 6) is 0.682. The largest absolute Gasteiger partial charge is 0.437 e. The second-order valence-electron chi connectivity index (χ2n) is 6.97. The molecule has 27 heavy (non-hydrogen) atoms. The molecule has 2 heterocycles. The van der Waals surface area contributed by atoms with Gasteiger partial charge in [0.15, 0.2) is 0 Å². The van der Waals surface area contributed by atoms with Gasteiger partial charge in [-0.25, -0.2) is 4.98 Å². The van der Waals surface area contributed by atoms with Crippen LogP contribution in [-0.4, -0.2) is 28.9 Å². The summed E-state index contributed by atoms with van der Waals surface area (Å²) in [5, 5.41) is 2.82. The molecule has 138 valence electrons. The van der Waals surface area contributed by atoms with E-state index in [0.29, 0.717) is 0 Å². The zero-order valence-corrected chi connectivity index (χ0v) is 15.4. The Morgan fingerprint density at radius 1 is 1.07 bits per heavy atom. The molecule has 0 atom stereocenters. The number of carbonyl (C=O) groups excluding carboxylic acids is 1. The maximum Gasteiger partial charge on any atom is 0.311 e. The summed E-state index contributed by atoms with van der Waals surface area (Å²) in [6.45, 7) is 4.83. The van der Waals surface area contributed by atoms with Gasteiger partial charge in [0.05, 0.1) is 5.69 Å². The Balaban J connectivity index is 1.39. The maximum atomic E-state index is 12.4. The number of aryl methyl sites for hydroxylation is 1. The number of aromatic nitrogens is 1. The monoisotopic (exact) mass is 361 g/mol. The molecule has 1 aliphatic heterocycles. The van der Waals surface area contributed by atoms with Gasteiger partial charge in [0.2, 0.25) is 0 Å². The molecule has 0 bridgehead atoms. The quantitative estimate of drug-likeness (QED) is 0.767. The molecule has 5 heteroatoms. The molecule has 0 saturated heterocycles. The molecule has 5 nitrogen and oxygen atoms in total. The number of nitrogens with zero attached hydrogens (tertiary/aromatic N) is 2. The fourth-order valence-electron chi connectivity index (χ4n) is 3.32. The number of anilines is 1. The van der Waals surface area contributed by atoms with Gasteiger partial charge in [0.25, 0.3) is 5.89 Å². The van der Waals surface area contributed by atoms with E-state index in [2.05, 4.69) is 46.4 Å². The first kappa shape index (κ1) is 17.5. The number of rotatable bonds is 4. The van der Waals surface area contributed by atoms with Gasteiger partial charge in [-0.1, -0.05) is 48.0 Å². The van der Waals surface area contributed by atoms with Crippen LogP contribution in [0.3, 0.4) is 0 Å². The number of hydrogen-bond donors (Lipinski definition) is 1. The molecular weight excluding hydrogens is 338 g/mol. The highest BCUT2D eigenvalue weighted by Crippen LogP contribution is 2.19. The third-order valence-electron chi connectivity index (χ3n) is 4.85. The number of fused-ring (bicyclic) bond motifs is 1. The Hall–Kier alpha value is -2.92. The van der Waals surface area contributed by atoms with Gasteiger partial charge < -0.3 is 9.73 Å². The lowest BCUT2D eigenvalue weighted by atomic mass is 10.1. The van der Waals surface area contributed by atoms with Gasteiger partial charge in [-0.15, -0.1) is 0 Å². The predicted octanol–water partition coefficient (Wildman–Crippen LogP) is 3.84. The molecule has 1 N–H and O–H groups in total. The van der Waals surface area contributed by atoms with Crippen LogP contribution < -0.4 is 5.32 Å². The molecule has 0 aliphatic carbocycles. The van der Waals surface area contributed by atoms with Crippen LogP contribution >= 0.6 is 0 Å². The van der Waals surface area contributed by atoms with Gasteiger partial charge in [-0.05, 0) is 24.6 Å². The van der Waals surface area contributed by atoms with Crippen molar-refractivity contribution in [1.82, 2.24) is 9.88 Å². The van der Waals surface area contributed by atoms with E-state index >= 15 is 0 Å². The van der Waals surface area contributed by atoms with Crippen LogP contribution in [0.15, 0.2) is 59.0 Å². The van der Waals surface area contributed by atoms with E-state index < -0.39 is 0 Å². The molecule has 0 spiro atoms. The van der Waals surface area contributed by atoms with E-state index in [1.165, 1.54) is 11.1 Å². The van der Waals surface area contributed by atoms with Gasteiger partial charge in [-0.2, -0.15) is 0 Å². The molecule has 1 aliphatic rings. The number of benzene rings is 2. The summed E-state index contributed by atoms with van der Waals surface area (Å²) in [6.07, 6.45) is 1.57. The van der Waals surface area contributed by atoms with Crippen molar-refractivity contribution in [3.8, 4) is 0 Å². The minimum atomic E-state index is -0.300. The maximum absolute atomic E-state index is 12.4. The standard InChI is InChI=1S/C22H23N3O2/c1-16-7-9-17(10-8-16)15-25-13-11-19-20(12-14-25)27-22(24-19)21(26)23-18-5-3-2-4-6-18/h2-10H,11-15H2,1H3,(H,23,26). The summed E-state index contributed by atoms with van der Waals surface area (Å²) in [5.41, 5.74) is 4.23. The van der Waals surface area contributed by atoms with Gasteiger partial charge in [-0.3, -0.25) is 9.69 Å². The fourth-order valence-corrected chi connectivity index (χ4v) is 3.32. The molecule has 1 aromatic heterocycles. The summed E-state index contributed by atoms with van der Waals surface area (Å²) < 4.78 is 5.78. The van der Waals surface area contributed by atoms with E-state index in [1.807, 2.05) is 30.3 Å². The van der Waals surface area contributed by atoms with Crippen molar-refractivity contribution < 1.29 is 9.21 Å². The van der Waals surface area contributed by atoms with Crippen LogP contribution in [0.25, 0.3) is 0 Å². The average Bonchev–Trinajstić information content (AvgIpc) is 3.01. The minimum absolute atomic E-state index is 0.149. The van der Waals surface area contributed by atoms with Gasteiger partial charge >= 0.3 is 5.91 Å². The lowest BCUT2D eigenvalue weighted by Gasteiger charge is -2.19. The zero-order chi connectivity index (χ0) is 18.6. The van der Waals surface area contributed by atoms with Crippen LogP contribution in [-0.2, 0) is 19.4 Å². The first-order chi connectivity index (χ1) is 13.2. The Kier molecular flexibility index (Phi) is 5.03. The summed E-state index contributed by atoms with van der Waals surface area (Å²) >= 11 is 0. The van der Waals surface area contributed by atoms with Crippen LogP contribution in [0, 0.1) is 6.92 Å². The van der Waals surface area contributed by atoms with E-state index in [-0.39, 0.29) is 11.8 Å². The van der Waals surface area contributed by atoms with Crippen molar-refractivity contribution in [2.45, 2.75) is 26.3 Å². The first-order valence-electron chi connectivity index (χ1n) is 9.30. The van der Waals surface area contributed by atoms with Crippen molar-refractivity contribution in [3.05, 3.63) is 83.1 Å². The summed E-state index contributed by atoms with van der Waals surface area (Å²) in [4.78, 5) is 19.2. The SMILES string of the molecule is Cc1ccc(CN2CCc3nc(C(=O)Nc4ccccc4)oc3CC2)cc1. The lowest BCUT2D eigenvalue weighted by Crippen LogP contribution is -2.26. The van der Waals surface area contributed by atoms with Crippen molar-refractivity contribution in [3.63, 3.8) is 0 Å². The highest BCUT2D eigenvalue weighted by Gasteiger charge is 2.22. The van der Waals surface area contributed by atoms with Crippen LogP contribution in [0.2, 0.25) is 0 Å². The number of oxazole rings is 1. The van der Waals surface area contributed by atoms with Crippen molar-refractivity contribution in [2.24, 2.45) is 0 Å². The van der Waals surface area contributed by atoms with Crippen LogP contribution in [0.1, 0.15) is 33.3 Å². The zero-order valence-electron chi connectivity index (χ0n) is 15.4. The van der Waals surface area contributed by atoms with Crippen molar-refractivity contribution in [1.29, 1.82) is 0 Å². The van der Waals surface area contributed by atoms with Crippen molar-refractivity contribution in [2.75, 3.05) is 18.4 Å². The molecule has 1 amide bonds. The second-order valence-corrected chi connectivity index (χ2v) is 6.97. The first-order valence-corrected chi connectivity index (χ1v) is 9.30. The third-order valence-corrected chi connectivity index (χ3v) is 4.85.